The first-order valence-corrected chi connectivity index (χ1v) is 9.83. The highest BCUT2D eigenvalue weighted by Gasteiger charge is 2.26. The van der Waals surface area contributed by atoms with Gasteiger partial charge in [0, 0.05) is 23.4 Å². The summed E-state index contributed by atoms with van der Waals surface area (Å²) in [6.07, 6.45) is 0.977. The van der Waals surface area contributed by atoms with Gasteiger partial charge < -0.3 is 4.90 Å². The van der Waals surface area contributed by atoms with Gasteiger partial charge in [-0.2, -0.15) is 0 Å². The predicted octanol–water partition coefficient (Wildman–Crippen LogP) is 4.36. The normalized spacial score (nSPS) is 15.3. The summed E-state index contributed by atoms with van der Waals surface area (Å²) < 4.78 is 0. The molecule has 3 nitrogen and oxygen atoms in total. The zero-order valence-electron chi connectivity index (χ0n) is 13.4. The molecule has 1 aliphatic rings. The van der Waals surface area contributed by atoms with Crippen LogP contribution in [0.3, 0.4) is 0 Å². The maximum atomic E-state index is 12.8. The SMILES string of the molecule is CC(Sc1ccc2ccccc2n1)C(=O)N1CCc2sccc2C1. The molecule has 5 heteroatoms. The van der Waals surface area contributed by atoms with Gasteiger partial charge in [0.05, 0.1) is 15.8 Å². The van der Waals surface area contributed by atoms with Gasteiger partial charge in [-0.05, 0) is 42.5 Å². The Kier molecular flexibility index (Phi) is 4.29. The largest absolute Gasteiger partial charge is 0.337 e. The molecule has 2 aromatic heterocycles. The lowest BCUT2D eigenvalue weighted by Gasteiger charge is -2.29. The predicted molar refractivity (Wildman–Crippen MR) is 101 cm³/mol. The minimum Gasteiger partial charge on any atom is -0.337 e. The lowest BCUT2D eigenvalue weighted by atomic mass is 10.1. The minimum absolute atomic E-state index is 0.126. The van der Waals surface area contributed by atoms with Gasteiger partial charge >= 0.3 is 0 Å². The van der Waals surface area contributed by atoms with Gasteiger partial charge in [0.15, 0.2) is 0 Å². The second-order valence-corrected chi connectivity index (χ2v) is 8.34. The van der Waals surface area contributed by atoms with E-state index in [2.05, 4.69) is 28.6 Å². The summed E-state index contributed by atoms with van der Waals surface area (Å²) in [7, 11) is 0. The van der Waals surface area contributed by atoms with Gasteiger partial charge in [-0.25, -0.2) is 4.98 Å². The van der Waals surface area contributed by atoms with E-state index in [1.165, 1.54) is 10.4 Å². The smallest absolute Gasteiger partial charge is 0.236 e. The van der Waals surface area contributed by atoms with Crippen molar-refractivity contribution >= 4 is 39.9 Å². The Balaban J connectivity index is 1.47. The number of aromatic nitrogens is 1. The van der Waals surface area contributed by atoms with Crippen LogP contribution < -0.4 is 0 Å². The van der Waals surface area contributed by atoms with Crippen molar-refractivity contribution in [3.63, 3.8) is 0 Å². The highest BCUT2D eigenvalue weighted by Crippen LogP contribution is 2.28. The highest BCUT2D eigenvalue weighted by molar-refractivity contribution is 8.00. The van der Waals surface area contributed by atoms with Crippen LogP contribution in [0.5, 0.6) is 0 Å². The van der Waals surface area contributed by atoms with Crippen LogP contribution in [0.15, 0.2) is 52.9 Å². The van der Waals surface area contributed by atoms with Crippen molar-refractivity contribution in [3.8, 4) is 0 Å². The average molecular weight is 355 g/mol. The Hall–Kier alpha value is -1.85. The van der Waals surface area contributed by atoms with E-state index < -0.39 is 0 Å². The van der Waals surface area contributed by atoms with Crippen molar-refractivity contribution in [2.45, 2.75) is 30.2 Å². The number of amides is 1. The first kappa shape index (κ1) is 15.7. The van der Waals surface area contributed by atoms with Crippen LogP contribution in [-0.2, 0) is 17.8 Å². The summed E-state index contributed by atoms with van der Waals surface area (Å²) in [5, 5.41) is 4.03. The molecular weight excluding hydrogens is 336 g/mol. The van der Waals surface area contributed by atoms with Crippen molar-refractivity contribution in [1.82, 2.24) is 9.88 Å². The molecule has 0 spiro atoms. The van der Waals surface area contributed by atoms with E-state index in [9.17, 15) is 4.79 Å². The fraction of sp³-hybridized carbons (Fsp3) is 0.263. The number of thiophene rings is 1. The fourth-order valence-corrected chi connectivity index (χ4v) is 4.84. The van der Waals surface area contributed by atoms with E-state index in [4.69, 9.17) is 0 Å². The molecule has 4 rings (SSSR count). The molecule has 0 radical (unpaired) electrons. The Labute approximate surface area is 149 Å². The van der Waals surface area contributed by atoms with Gasteiger partial charge in [0.1, 0.15) is 0 Å². The molecule has 24 heavy (non-hydrogen) atoms. The monoisotopic (exact) mass is 354 g/mol. The number of hydrogen-bond donors (Lipinski definition) is 0. The molecule has 0 bridgehead atoms. The number of benzene rings is 1. The van der Waals surface area contributed by atoms with E-state index in [0.29, 0.717) is 0 Å². The zero-order chi connectivity index (χ0) is 16.5. The second-order valence-electron chi connectivity index (χ2n) is 5.98. The van der Waals surface area contributed by atoms with Crippen LogP contribution in [0.25, 0.3) is 10.9 Å². The summed E-state index contributed by atoms with van der Waals surface area (Å²) in [5.74, 6) is 0.201. The number of carbonyl (C=O) groups excluding carboxylic acids is 1. The number of pyridine rings is 1. The summed E-state index contributed by atoms with van der Waals surface area (Å²) in [5.41, 5.74) is 2.28. The lowest BCUT2D eigenvalue weighted by Crippen LogP contribution is -2.39. The van der Waals surface area contributed by atoms with Crippen molar-refractivity contribution in [2.75, 3.05) is 6.54 Å². The third-order valence-corrected chi connectivity index (χ3v) is 6.38. The van der Waals surface area contributed by atoms with Gasteiger partial charge in [0.25, 0.3) is 0 Å². The van der Waals surface area contributed by atoms with Crippen LogP contribution in [0.4, 0.5) is 0 Å². The Morgan fingerprint density at radius 3 is 3.04 bits per heavy atom. The molecular formula is C19H18N2OS2. The molecule has 0 N–H and O–H groups in total. The molecule has 3 aromatic rings. The molecule has 0 saturated carbocycles. The summed E-state index contributed by atoms with van der Waals surface area (Å²) >= 11 is 3.34. The summed E-state index contributed by atoms with van der Waals surface area (Å²) in [6, 6.07) is 14.3. The van der Waals surface area contributed by atoms with E-state index in [0.717, 1.165) is 35.4 Å². The van der Waals surface area contributed by atoms with Crippen LogP contribution in [0, 0.1) is 0 Å². The molecule has 1 atom stereocenters. The van der Waals surface area contributed by atoms with Crippen LogP contribution in [0.2, 0.25) is 0 Å². The molecule has 1 unspecified atom stereocenters. The lowest BCUT2D eigenvalue weighted by molar-refractivity contribution is -0.131. The van der Waals surface area contributed by atoms with E-state index in [-0.39, 0.29) is 11.2 Å². The number of carbonyl (C=O) groups is 1. The standard InChI is InChI=1S/C19H18N2OS2/c1-13(19(22)21-10-8-17-15(12-21)9-11-23-17)24-18-7-6-14-4-2-3-5-16(14)20-18/h2-7,9,11,13H,8,10,12H2,1H3. The van der Waals surface area contributed by atoms with E-state index >= 15 is 0 Å². The first-order chi connectivity index (χ1) is 11.7. The molecule has 1 amide bonds. The Morgan fingerprint density at radius 2 is 2.12 bits per heavy atom. The van der Waals surface area contributed by atoms with Crippen LogP contribution >= 0.6 is 23.1 Å². The quantitative estimate of drug-likeness (QED) is 0.655. The van der Waals surface area contributed by atoms with Crippen molar-refractivity contribution in [2.24, 2.45) is 0 Å². The number of thioether (sulfide) groups is 1. The topological polar surface area (TPSA) is 33.2 Å². The fourth-order valence-electron chi connectivity index (χ4n) is 3.04. The molecule has 1 aliphatic heterocycles. The number of rotatable bonds is 3. The molecule has 122 valence electrons. The molecule has 3 heterocycles. The van der Waals surface area contributed by atoms with Crippen molar-refractivity contribution in [1.29, 1.82) is 0 Å². The van der Waals surface area contributed by atoms with E-state index in [1.807, 2.05) is 36.1 Å². The van der Waals surface area contributed by atoms with Gasteiger partial charge in [-0.3, -0.25) is 4.79 Å². The molecule has 0 fully saturated rings. The van der Waals surface area contributed by atoms with Crippen molar-refractivity contribution < 1.29 is 4.79 Å². The number of nitrogens with zero attached hydrogens (tertiary/aromatic N) is 2. The maximum Gasteiger partial charge on any atom is 0.236 e. The molecule has 1 aromatic carbocycles. The zero-order valence-corrected chi connectivity index (χ0v) is 15.1. The van der Waals surface area contributed by atoms with Gasteiger partial charge in [0.2, 0.25) is 5.91 Å². The van der Waals surface area contributed by atoms with Crippen LogP contribution in [-0.4, -0.2) is 27.6 Å². The highest BCUT2D eigenvalue weighted by atomic mass is 32.2. The third-order valence-electron chi connectivity index (χ3n) is 4.34. The molecule has 0 saturated heterocycles. The summed E-state index contributed by atoms with van der Waals surface area (Å²) in [6.45, 7) is 3.54. The Bertz CT molecular complexity index is 890. The minimum atomic E-state index is -0.126. The number of fused-ring (bicyclic) bond motifs is 2. The second kappa shape index (κ2) is 6.57. The summed E-state index contributed by atoms with van der Waals surface area (Å²) in [4.78, 5) is 20.8. The van der Waals surface area contributed by atoms with Gasteiger partial charge in [-0.1, -0.05) is 36.0 Å². The van der Waals surface area contributed by atoms with Gasteiger partial charge in [-0.15, -0.1) is 11.3 Å². The third kappa shape index (κ3) is 3.06. The molecule has 0 aliphatic carbocycles. The first-order valence-electron chi connectivity index (χ1n) is 8.07. The average Bonchev–Trinajstić information content (AvgIpc) is 3.08. The Morgan fingerprint density at radius 1 is 1.25 bits per heavy atom. The number of hydrogen-bond acceptors (Lipinski definition) is 4. The maximum absolute atomic E-state index is 12.8. The van der Waals surface area contributed by atoms with Crippen LogP contribution in [0.1, 0.15) is 17.4 Å². The van der Waals surface area contributed by atoms with E-state index in [1.54, 1.807) is 23.1 Å². The number of para-hydroxylation sites is 1. The van der Waals surface area contributed by atoms with Crippen molar-refractivity contribution in [3.05, 3.63) is 58.3 Å².